The van der Waals surface area contributed by atoms with Gasteiger partial charge < -0.3 is 4.42 Å². The molecule has 7 nitrogen and oxygen atoms in total. The third-order valence-corrected chi connectivity index (χ3v) is 4.47. The number of rotatable bonds is 4. The fourth-order valence-corrected chi connectivity index (χ4v) is 2.12. The molecule has 0 atom stereocenters. The van der Waals surface area contributed by atoms with Crippen molar-refractivity contribution >= 4 is 56.3 Å². The summed E-state index contributed by atoms with van der Waals surface area (Å²) in [4.78, 5) is 21.9. The largest absolute Gasteiger partial charge is 0.448 e. The summed E-state index contributed by atoms with van der Waals surface area (Å²) in [5, 5.41) is 14.4. The summed E-state index contributed by atoms with van der Waals surface area (Å²) in [7, 11) is 0. The molecule has 0 unspecified atom stereocenters. The van der Waals surface area contributed by atoms with E-state index in [2.05, 4.69) is 26.5 Å². The van der Waals surface area contributed by atoms with Crippen molar-refractivity contribution in [1.29, 1.82) is 0 Å². The summed E-state index contributed by atoms with van der Waals surface area (Å²) in [6.45, 7) is 0. The van der Waals surface area contributed by atoms with E-state index in [0.717, 1.165) is 4.47 Å². The number of carbonyl (C=O) groups excluding carboxylic acids is 1. The molecule has 1 amide bonds. The molecule has 0 aliphatic carbocycles. The van der Waals surface area contributed by atoms with Crippen LogP contribution in [0.15, 0.2) is 44.3 Å². The molecule has 1 N–H and O–H groups in total. The van der Waals surface area contributed by atoms with Crippen molar-refractivity contribution in [2.24, 2.45) is 5.10 Å². The number of amides is 1. The standard InChI is InChI=1S/C12H7BrIN3O4/c13-10-5-9(21-11(10)14)6-15-16-12(18)7-2-1-3-8(4-7)17(19)20/h1-6H,(H,16,18)/b15-6-. The molecule has 0 radical (unpaired) electrons. The zero-order chi connectivity index (χ0) is 15.4. The highest BCUT2D eigenvalue weighted by Crippen LogP contribution is 2.22. The number of hydrazone groups is 1. The molecule has 0 aliphatic rings. The smallest absolute Gasteiger partial charge is 0.271 e. The van der Waals surface area contributed by atoms with Crippen molar-refractivity contribution in [1.82, 2.24) is 5.43 Å². The van der Waals surface area contributed by atoms with Gasteiger partial charge in [0.05, 0.1) is 15.6 Å². The average molecular weight is 464 g/mol. The van der Waals surface area contributed by atoms with Crippen LogP contribution in [0.4, 0.5) is 5.69 Å². The van der Waals surface area contributed by atoms with Crippen molar-refractivity contribution in [3.8, 4) is 0 Å². The Morgan fingerprint density at radius 3 is 2.86 bits per heavy atom. The van der Waals surface area contributed by atoms with Gasteiger partial charge in [-0.05, 0) is 22.0 Å². The van der Waals surface area contributed by atoms with Crippen molar-refractivity contribution in [3.63, 3.8) is 0 Å². The molecule has 0 bridgehead atoms. The van der Waals surface area contributed by atoms with Gasteiger partial charge in [-0.1, -0.05) is 6.07 Å². The lowest BCUT2D eigenvalue weighted by Gasteiger charge is -1.99. The van der Waals surface area contributed by atoms with Crippen LogP contribution in [0, 0.1) is 13.9 Å². The third kappa shape index (κ3) is 4.11. The molecule has 108 valence electrons. The van der Waals surface area contributed by atoms with Gasteiger partial charge in [0.15, 0.2) is 3.77 Å². The van der Waals surface area contributed by atoms with Gasteiger partial charge in [0, 0.05) is 46.4 Å². The van der Waals surface area contributed by atoms with Gasteiger partial charge in [-0.2, -0.15) is 5.10 Å². The van der Waals surface area contributed by atoms with Crippen molar-refractivity contribution < 1.29 is 14.1 Å². The van der Waals surface area contributed by atoms with Gasteiger partial charge in [-0.3, -0.25) is 14.9 Å². The molecule has 0 fully saturated rings. The Labute approximate surface area is 140 Å². The van der Waals surface area contributed by atoms with E-state index in [1.807, 2.05) is 22.6 Å². The topological polar surface area (TPSA) is 97.7 Å². The van der Waals surface area contributed by atoms with Crippen LogP contribution in [-0.4, -0.2) is 17.0 Å². The van der Waals surface area contributed by atoms with E-state index in [4.69, 9.17) is 4.42 Å². The number of non-ortho nitro benzene ring substituents is 1. The molecule has 21 heavy (non-hydrogen) atoms. The van der Waals surface area contributed by atoms with Crippen molar-refractivity contribution in [2.75, 3.05) is 0 Å². The SMILES string of the molecule is O=C(N/N=C\c1cc(Br)c(I)o1)c1cccc([N+](=O)[O-])c1. The molecular weight excluding hydrogens is 457 g/mol. The monoisotopic (exact) mass is 463 g/mol. The fourth-order valence-electron chi connectivity index (χ4n) is 1.41. The Morgan fingerprint density at radius 2 is 2.24 bits per heavy atom. The van der Waals surface area contributed by atoms with E-state index in [0.29, 0.717) is 9.53 Å². The summed E-state index contributed by atoms with van der Waals surface area (Å²) in [6, 6.07) is 7.08. The van der Waals surface area contributed by atoms with E-state index in [-0.39, 0.29) is 11.3 Å². The quantitative estimate of drug-likeness (QED) is 0.325. The first-order valence-corrected chi connectivity index (χ1v) is 7.37. The molecule has 0 aliphatic heterocycles. The molecule has 0 saturated carbocycles. The number of nitrogens with one attached hydrogen (secondary N) is 1. The summed E-state index contributed by atoms with van der Waals surface area (Å²) in [5.41, 5.74) is 2.27. The number of halogens is 2. The Kier molecular flexibility index (Phi) is 5.07. The second kappa shape index (κ2) is 6.80. The first kappa shape index (κ1) is 15.6. The van der Waals surface area contributed by atoms with Gasteiger partial charge in [-0.15, -0.1) is 0 Å². The zero-order valence-corrected chi connectivity index (χ0v) is 14.0. The minimum atomic E-state index is -0.567. The molecule has 0 spiro atoms. The van der Waals surface area contributed by atoms with E-state index in [9.17, 15) is 14.9 Å². The number of nitro groups is 1. The lowest BCUT2D eigenvalue weighted by molar-refractivity contribution is -0.384. The first-order chi connectivity index (χ1) is 9.97. The van der Waals surface area contributed by atoms with Crippen LogP contribution in [0.1, 0.15) is 16.1 Å². The number of hydrogen-bond donors (Lipinski definition) is 1. The van der Waals surface area contributed by atoms with Crippen molar-refractivity contribution in [3.05, 3.63) is 60.0 Å². The highest BCUT2D eigenvalue weighted by Gasteiger charge is 2.10. The van der Waals surface area contributed by atoms with Crippen molar-refractivity contribution in [2.45, 2.75) is 0 Å². The van der Waals surface area contributed by atoms with Gasteiger partial charge in [0.2, 0.25) is 0 Å². The van der Waals surface area contributed by atoms with E-state index in [1.165, 1.54) is 30.5 Å². The van der Waals surface area contributed by atoms with Gasteiger partial charge >= 0.3 is 0 Å². The Hall–Kier alpha value is -1.75. The summed E-state index contributed by atoms with van der Waals surface area (Å²) < 4.78 is 6.75. The minimum absolute atomic E-state index is 0.150. The van der Waals surface area contributed by atoms with Crippen LogP contribution < -0.4 is 5.43 Å². The summed E-state index contributed by atoms with van der Waals surface area (Å²) in [6.07, 6.45) is 1.34. The highest BCUT2D eigenvalue weighted by molar-refractivity contribution is 14.1. The Morgan fingerprint density at radius 1 is 1.48 bits per heavy atom. The number of nitrogens with zero attached hydrogens (tertiary/aromatic N) is 2. The number of furan rings is 1. The molecule has 2 rings (SSSR count). The highest BCUT2D eigenvalue weighted by atomic mass is 127. The maximum absolute atomic E-state index is 11.8. The summed E-state index contributed by atoms with van der Waals surface area (Å²) >= 11 is 5.28. The molecule has 0 saturated heterocycles. The zero-order valence-electron chi connectivity index (χ0n) is 10.2. The molecule has 1 aromatic carbocycles. The van der Waals surface area contributed by atoms with E-state index in [1.54, 1.807) is 6.07 Å². The number of nitro benzene ring substituents is 1. The lowest BCUT2D eigenvalue weighted by Crippen LogP contribution is -2.17. The number of carbonyl (C=O) groups is 1. The predicted octanol–water partition coefficient (Wildman–Crippen LogP) is 3.32. The average Bonchev–Trinajstić information content (AvgIpc) is 2.77. The van der Waals surface area contributed by atoms with Crippen LogP contribution in [0.25, 0.3) is 0 Å². The lowest BCUT2D eigenvalue weighted by atomic mass is 10.2. The summed E-state index contributed by atoms with van der Waals surface area (Å²) in [5.74, 6) is -0.0825. The molecule has 2 aromatic rings. The second-order valence-electron chi connectivity index (χ2n) is 3.78. The molecule has 1 heterocycles. The van der Waals surface area contributed by atoms with E-state index >= 15 is 0 Å². The number of benzene rings is 1. The van der Waals surface area contributed by atoms with E-state index < -0.39 is 10.8 Å². The molecule has 1 aromatic heterocycles. The second-order valence-corrected chi connectivity index (χ2v) is 5.61. The molecule has 9 heteroatoms. The number of hydrogen-bond acceptors (Lipinski definition) is 5. The first-order valence-electron chi connectivity index (χ1n) is 5.50. The van der Waals surface area contributed by atoms with Crippen LogP contribution >= 0.6 is 38.5 Å². The minimum Gasteiger partial charge on any atom is -0.448 e. The Bertz CT molecular complexity index is 710. The maximum Gasteiger partial charge on any atom is 0.271 e. The van der Waals surface area contributed by atoms with Gasteiger partial charge in [-0.25, -0.2) is 5.43 Å². The fraction of sp³-hybridized carbons (Fsp3) is 0. The maximum atomic E-state index is 11.8. The van der Waals surface area contributed by atoms with Crippen LogP contribution in [0.3, 0.4) is 0 Å². The van der Waals surface area contributed by atoms with Crippen LogP contribution in [0.5, 0.6) is 0 Å². The predicted molar refractivity (Wildman–Crippen MR) is 87.3 cm³/mol. The van der Waals surface area contributed by atoms with Gasteiger partial charge in [0.25, 0.3) is 11.6 Å². The normalized spacial score (nSPS) is 10.8. The third-order valence-electron chi connectivity index (χ3n) is 2.34. The van der Waals surface area contributed by atoms with Crippen LogP contribution in [-0.2, 0) is 0 Å². The Balaban J connectivity index is 2.04. The molecular formula is C12H7BrIN3O4. The van der Waals surface area contributed by atoms with Gasteiger partial charge in [0.1, 0.15) is 5.76 Å². The van der Waals surface area contributed by atoms with Crippen LogP contribution in [0.2, 0.25) is 0 Å².